The zero-order valence-corrected chi connectivity index (χ0v) is 14.6. The minimum atomic E-state index is -4.14. The number of ether oxygens (including phenoxy) is 2. The molecule has 2 N–H and O–H groups in total. The smallest absolute Gasteiger partial charge is 0.265 e. The second-order valence-corrected chi connectivity index (χ2v) is 6.64. The number of methoxy groups -OCH3 is 2. The molecule has 1 amide bonds. The highest BCUT2D eigenvalue weighted by Crippen LogP contribution is 2.32. The highest BCUT2D eigenvalue weighted by atomic mass is 32.2. The topological polar surface area (TPSA) is 93.7 Å². The first-order valence-electron chi connectivity index (χ1n) is 7.09. The second-order valence-electron chi connectivity index (χ2n) is 4.99. The maximum atomic E-state index is 13.5. The van der Waals surface area contributed by atoms with Crippen LogP contribution in [0.5, 0.6) is 11.5 Å². The zero-order chi connectivity index (χ0) is 18.6. The molecule has 0 saturated carbocycles. The van der Waals surface area contributed by atoms with Gasteiger partial charge in [-0.3, -0.25) is 9.52 Å². The molecule has 7 nitrogen and oxygen atoms in total. The molecule has 0 unspecified atom stereocenters. The number of sulfonamides is 1. The summed E-state index contributed by atoms with van der Waals surface area (Å²) in [5.74, 6) is -0.691. The molecule has 0 radical (unpaired) electrons. The monoisotopic (exact) mass is 368 g/mol. The van der Waals surface area contributed by atoms with Crippen molar-refractivity contribution in [3.05, 3.63) is 42.2 Å². The molecule has 0 aliphatic rings. The number of halogens is 1. The van der Waals surface area contributed by atoms with Crippen LogP contribution in [0.15, 0.2) is 41.3 Å². The van der Waals surface area contributed by atoms with Crippen LogP contribution in [-0.2, 0) is 14.8 Å². The number of hydrogen-bond acceptors (Lipinski definition) is 5. The molecule has 0 aliphatic carbocycles. The average molecular weight is 368 g/mol. The fourth-order valence-corrected chi connectivity index (χ4v) is 3.35. The van der Waals surface area contributed by atoms with E-state index in [0.717, 1.165) is 12.1 Å². The van der Waals surface area contributed by atoms with E-state index in [1.54, 1.807) is 6.07 Å². The molecular formula is C16H17FN2O5S. The summed E-state index contributed by atoms with van der Waals surface area (Å²) in [7, 11) is -1.42. The van der Waals surface area contributed by atoms with E-state index in [4.69, 9.17) is 9.47 Å². The Bertz CT molecular complexity index is 899. The maximum Gasteiger partial charge on any atom is 0.265 e. The van der Waals surface area contributed by atoms with Gasteiger partial charge in [-0.2, -0.15) is 0 Å². The van der Waals surface area contributed by atoms with Gasteiger partial charge in [-0.1, -0.05) is 0 Å². The Kier molecular flexibility index (Phi) is 5.48. The molecule has 0 fully saturated rings. The third-order valence-electron chi connectivity index (χ3n) is 3.20. The summed E-state index contributed by atoms with van der Waals surface area (Å²) in [5.41, 5.74) is 0.0133. The molecule has 2 aromatic rings. The van der Waals surface area contributed by atoms with Crippen LogP contribution in [0.2, 0.25) is 0 Å². The molecule has 0 heterocycles. The number of carbonyl (C=O) groups is 1. The van der Waals surface area contributed by atoms with Crippen LogP contribution in [0.1, 0.15) is 6.92 Å². The van der Waals surface area contributed by atoms with Crippen molar-refractivity contribution in [1.82, 2.24) is 0 Å². The van der Waals surface area contributed by atoms with Gasteiger partial charge in [-0.25, -0.2) is 12.8 Å². The van der Waals surface area contributed by atoms with E-state index in [-0.39, 0.29) is 22.0 Å². The Morgan fingerprint density at radius 1 is 1.04 bits per heavy atom. The first kappa shape index (κ1) is 18.5. The van der Waals surface area contributed by atoms with Crippen LogP contribution >= 0.6 is 0 Å². The number of hydrogen-bond donors (Lipinski definition) is 2. The van der Waals surface area contributed by atoms with Gasteiger partial charge in [0.25, 0.3) is 10.0 Å². The van der Waals surface area contributed by atoms with Gasteiger partial charge < -0.3 is 14.8 Å². The molecule has 0 saturated heterocycles. The van der Waals surface area contributed by atoms with Crippen molar-refractivity contribution in [2.45, 2.75) is 11.8 Å². The van der Waals surface area contributed by atoms with Crippen molar-refractivity contribution in [1.29, 1.82) is 0 Å². The van der Waals surface area contributed by atoms with E-state index in [9.17, 15) is 17.6 Å². The van der Waals surface area contributed by atoms with Crippen LogP contribution in [-0.4, -0.2) is 28.5 Å². The van der Waals surface area contributed by atoms with E-state index < -0.39 is 21.7 Å². The van der Waals surface area contributed by atoms with Gasteiger partial charge in [0.1, 0.15) is 22.2 Å². The molecule has 25 heavy (non-hydrogen) atoms. The van der Waals surface area contributed by atoms with Gasteiger partial charge in [-0.05, 0) is 24.3 Å². The lowest BCUT2D eigenvalue weighted by Gasteiger charge is -2.15. The Labute approximate surface area is 144 Å². The van der Waals surface area contributed by atoms with E-state index in [1.165, 1.54) is 39.3 Å². The third-order valence-corrected chi connectivity index (χ3v) is 4.58. The molecule has 0 atom stereocenters. The van der Waals surface area contributed by atoms with Gasteiger partial charge in [0, 0.05) is 19.1 Å². The molecule has 134 valence electrons. The summed E-state index contributed by atoms with van der Waals surface area (Å²) in [6.07, 6.45) is 0. The predicted molar refractivity (Wildman–Crippen MR) is 91.1 cm³/mol. The van der Waals surface area contributed by atoms with E-state index in [2.05, 4.69) is 10.0 Å². The first-order valence-corrected chi connectivity index (χ1v) is 8.57. The Hall–Kier alpha value is -2.81. The van der Waals surface area contributed by atoms with Crippen LogP contribution in [0.4, 0.5) is 15.8 Å². The number of rotatable bonds is 6. The van der Waals surface area contributed by atoms with Crippen LogP contribution in [0, 0.1) is 5.82 Å². The van der Waals surface area contributed by atoms with Gasteiger partial charge in [0.15, 0.2) is 0 Å². The van der Waals surface area contributed by atoms with E-state index in [0.29, 0.717) is 5.75 Å². The molecular weight excluding hydrogens is 351 g/mol. The Morgan fingerprint density at radius 3 is 2.36 bits per heavy atom. The lowest BCUT2D eigenvalue weighted by atomic mass is 10.2. The second kappa shape index (κ2) is 7.39. The number of carbonyl (C=O) groups excluding carboxylic acids is 1. The van der Waals surface area contributed by atoms with Crippen molar-refractivity contribution < 1.29 is 27.1 Å². The first-order chi connectivity index (χ1) is 11.8. The SMILES string of the molecule is COc1ccc(OC)c(S(=O)(=O)Nc2cc(F)ccc2NC(C)=O)c1. The van der Waals surface area contributed by atoms with E-state index in [1.807, 2.05) is 0 Å². The molecule has 0 spiro atoms. The lowest BCUT2D eigenvalue weighted by Crippen LogP contribution is -2.17. The average Bonchev–Trinajstić information content (AvgIpc) is 2.56. The number of amides is 1. The summed E-state index contributed by atoms with van der Waals surface area (Å²) >= 11 is 0. The summed E-state index contributed by atoms with van der Waals surface area (Å²) in [4.78, 5) is 11.1. The van der Waals surface area contributed by atoms with Crippen molar-refractivity contribution in [2.24, 2.45) is 0 Å². The fraction of sp³-hybridized carbons (Fsp3) is 0.188. The molecule has 9 heteroatoms. The zero-order valence-electron chi connectivity index (χ0n) is 13.8. The van der Waals surface area contributed by atoms with Crippen LogP contribution < -0.4 is 19.5 Å². The van der Waals surface area contributed by atoms with Gasteiger partial charge in [-0.15, -0.1) is 0 Å². The summed E-state index contributed by atoms with van der Waals surface area (Å²) in [6.45, 7) is 1.26. The molecule has 0 aromatic heterocycles. The van der Waals surface area contributed by atoms with E-state index >= 15 is 0 Å². The minimum absolute atomic E-state index is 0.0887. The minimum Gasteiger partial charge on any atom is -0.497 e. The van der Waals surface area contributed by atoms with Gasteiger partial charge in [0.2, 0.25) is 5.91 Å². The maximum absolute atomic E-state index is 13.5. The third kappa shape index (κ3) is 4.38. The van der Waals surface area contributed by atoms with Gasteiger partial charge >= 0.3 is 0 Å². The van der Waals surface area contributed by atoms with Crippen LogP contribution in [0.25, 0.3) is 0 Å². The molecule has 0 aliphatic heterocycles. The summed E-state index contributed by atoms with van der Waals surface area (Å²) < 4.78 is 51.3. The number of benzene rings is 2. The lowest BCUT2D eigenvalue weighted by molar-refractivity contribution is -0.114. The van der Waals surface area contributed by atoms with Crippen LogP contribution in [0.3, 0.4) is 0 Å². The standard InChI is InChI=1S/C16H17FN2O5S/c1-10(20)18-13-6-4-11(17)8-14(13)19-25(21,22)16-9-12(23-2)5-7-15(16)24-3/h4-9,19H,1-3H3,(H,18,20). The van der Waals surface area contributed by atoms with Gasteiger partial charge in [0.05, 0.1) is 25.6 Å². The highest BCUT2D eigenvalue weighted by molar-refractivity contribution is 7.92. The Balaban J connectivity index is 2.49. The molecule has 0 bridgehead atoms. The largest absolute Gasteiger partial charge is 0.497 e. The van der Waals surface area contributed by atoms with Crippen molar-refractivity contribution in [3.63, 3.8) is 0 Å². The number of anilines is 2. The normalized spacial score (nSPS) is 10.9. The fourth-order valence-electron chi connectivity index (χ4n) is 2.09. The van der Waals surface area contributed by atoms with Crippen molar-refractivity contribution in [3.8, 4) is 11.5 Å². The number of nitrogens with one attached hydrogen (secondary N) is 2. The molecule has 2 rings (SSSR count). The molecule has 2 aromatic carbocycles. The highest BCUT2D eigenvalue weighted by Gasteiger charge is 2.22. The van der Waals surface area contributed by atoms with Crippen molar-refractivity contribution in [2.75, 3.05) is 24.3 Å². The Morgan fingerprint density at radius 2 is 1.76 bits per heavy atom. The predicted octanol–water partition coefficient (Wildman–Crippen LogP) is 2.60. The summed E-state index contributed by atoms with van der Waals surface area (Å²) in [6, 6.07) is 7.59. The summed E-state index contributed by atoms with van der Waals surface area (Å²) in [5, 5.41) is 2.44. The van der Waals surface area contributed by atoms with Crippen molar-refractivity contribution >= 4 is 27.3 Å². The quantitative estimate of drug-likeness (QED) is 0.817.